The molecule has 0 aliphatic rings. The predicted molar refractivity (Wildman–Crippen MR) is 143 cm³/mol. The lowest BCUT2D eigenvalue weighted by molar-refractivity contribution is -0.140. The number of amides is 2. The molecular weight excluding hydrogens is 512 g/mol. The summed E-state index contributed by atoms with van der Waals surface area (Å²) in [6.07, 6.45) is 1.02. The number of anilines is 1. The Morgan fingerprint density at radius 3 is 2.05 bits per heavy atom. The number of hydrogen-bond acceptors (Lipinski definition) is 4. The Bertz CT molecular complexity index is 1350. The lowest BCUT2D eigenvalue weighted by atomic mass is 10.0. The van der Waals surface area contributed by atoms with E-state index in [0.717, 1.165) is 17.9 Å². The molecule has 2 amide bonds. The van der Waals surface area contributed by atoms with Crippen LogP contribution in [0.1, 0.15) is 25.0 Å². The number of hydrogen-bond donors (Lipinski definition) is 1. The molecule has 1 N–H and O–H groups in total. The van der Waals surface area contributed by atoms with Crippen molar-refractivity contribution in [1.29, 1.82) is 0 Å². The summed E-state index contributed by atoms with van der Waals surface area (Å²) in [5, 5.41) is 2.83. The first-order valence-corrected chi connectivity index (χ1v) is 13.9. The highest BCUT2D eigenvalue weighted by Crippen LogP contribution is 2.23. The third-order valence-corrected chi connectivity index (χ3v) is 6.90. The largest absolute Gasteiger partial charge is 0.352 e. The first-order valence-electron chi connectivity index (χ1n) is 12.1. The Hall–Kier alpha value is -3.79. The number of carbonyl (C=O) groups excluding carboxylic acids is 2. The molecule has 3 aromatic carbocycles. The molecule has 0 saturated carbocycles. The zero-order chi connectivity index (χ0) is 27.9. The van der Waals surface area contributed by atoms with Gasteiger partial charge in [0.05, 0.1) is 11.9 Å². The van der Waals surface area contributed by atoms with Crippen LogP contribution in [-0.2, 0) is 32.6 Å². The number of nitrogens with zero attached hydrogens (tertiary/aromatic N) is 2. The van der Waals surface area contributed by atoms with Crippen LogP contribution in [0.5, 0.6) is 0 Å². The highest BCUT2D eigenvalue weighted by molar-refractivity contribution is 7.92. The third kappa shape index (κ3) is 7.85. The van der Waals surface area contributed by atoms with Gasteiger partial charge in [0, 0.05) is 19.0 Å². The maximum absolute atomic E-state index is 14.6. The van der Waals surface area contributed by atoms with Crippen molar-refractivity contribution >= 4 is 27.5 Å². The zero-order valence-electron chi connectivity index (χ0n) is 21.5. The highest BCUT2D eigenvalue weighted by atomic mass is 32.2. The molecule has 0 heterocycles. The minimum absolute atomic E-state index is 0.100. The Kier molecular flexibility index (Phi) is 9.57. The standard InChI is InChI=1S/C28H31F2N3O4S/c1-20(2)31-28(35)26(17-21-9-5-4-6-10-21)32(18-22-13-15-23(29)16-14-22)27(34)19-33(38(3,36)37)25-12-8-7-11-24(25)30/h4-16,20,26H,17-19H2,1-3H3,(H,31,35)/t26-/m0/s1. The maximum Gasteiger partial charge on any atom is 0.244 e. The van der Waals surface area contributed by atoms with E-state index in [1.54, 1.807) is 13.8 Å². The van der Waals surface area contributed by atoms with E-state index in [-0.39, 0.29) is 24.7 Å². The van der Waals surface area contributed by atoms with Crippen LogP contribution in [0.4, 0.5) is 14.5 Å². The number of para-hydroxylation sites is 1. The van der Waals surface area contributed by atoms with Gasteiger partial charge in [0.25, 0.3) is 0 Å². The molecule has 0 fully saturated rings. The Balaban J connectivity index is 2.06. The summed E-state index contributed by atoms with van der Waals surface area (Å²) >= 11 is 0. The summed E-state index contributed by atoms with van der Waals surface area (Å²) in [6.45, 7) is 2.73. The summed E-state index contributed by atoms with van der Waals surface area (Å²) in [7, 11) is -4.08. The highest BCUT2D eigenvalue weighted by Gasteiger charge is 2.33. The monoisotopic (exact) mass is 543 g/mol. The van der Waals surface area contributed by atoms with Crippen LogP contribution in [0, 0.1) is 11.6 Å². The first-order chi connectivity index (χ1) is 18.0. The maximum atomic E-state index is 14.6. The molecule has 38 heavy (non-hydrogen) atoms. The van der Waals surface area contributed by atoms with E-state index < -0.39 is 46.1 Å². The molecule has 0 unspecified atom stereocenters. The van der Waals surface area contributed by atoms with Crippen LogP contribution in [0.3, 0.4) is 0 Å². The molecule has 202 valence electrons. The van der Waals surface area contributed by atoms with Crippen molar-refractivity contribution < 1.29 is 26.8 Å². The molecule has 7 nitrogen and oxygen atoms in total. The van der Waals surface area contributed by atoms with Gasteiger partial charge in [0.15, 0.2) is 0 Å². The zero-order valence-corrected chi connectivity index (χ0v) is 22.3. The molecule has 0 radical (unpaired) electrons. The van der Waals surface area contributed by atoms with Gasteiger partial charge in [-0.25, -0.2) is 17.2 Å². The van der Waals surface area contributed by atoms with Gasteiger partial charge < -0.3 is 10.2 Å². The second kappa shape index (κ2) is 12.6. The van der Waals surface area contributed by atoms with Crippen molar-refractivity contribution in [2.45, 2.75) is 38.9 Å². The third-order valence-electron chi connectivity index (χ3n) is 5.77. The molecule has 0 bridgehead atoms. The van der Waals surface area contributed by atoms with Crippen molar-refractivity contribution in [3.63, 3.8) is 0 Å². The number of halogens is 2. The van der Waals surface area contributed by atoms with E-state index in [1.165, 1.54) is 47.4 Å². The molecule has 3 aromatic rings. The molecule has 3 rings (SSSR count). The van der Waals surface area contributed by atoms with Crippen molar-refractivity contribution in [2.75, 3.05) is 17.1 Å². The summed E-state index contributed by atoms with van der Waals surface area (Å²) in [6, 6.07) is 18.5. The Morgan fingerprint density at radius 2 is 1.47 bits per heavy atom. The molecule has 0 spiro atoms. The van der Waals surface area contributed by atoms with Gasteiger partial charge in [0.2, 0.25) is 21.8 Å². The Morgan fingerprint density at radius 1 is 0.868 bits per heavy atom. The van der Waals surface area contributed by atoms with Crippen molar-refractivity contribution in [1.82, 2.24) is 10.2 Å². The van der Waals surface area contributed by atoms with Gasteiger partial charge in [-0.05, 0) is 49.2 Å². The average Bonchev–Trinajstić information content (AvgIpc) is 2.85. The second-order valence-corrected chi connectivity index (χ2v) is 11.1. The minimum atomic E-state index is -4.08. The SMILES string of the molecule is CC(C)NC(=O)[C@H](Cc1ccccc1)N(Cc1ccc(F)cc1)C(=O)CN(c1ccccc1F)S(C)(=O)=O. The first kappa shape index (κ1) is 28.8. The lowest BCUT2D eigenvalue weighted by Gasteiger charge is -2.34. The number of sulfonamides is 1. The fourth-order valence-corrected chi connectivity index (χ4v) is 4.82. The van der Waals surface area contributed by atoms with Crippen molar-refractivity contribution in [3.05, 3.63) is 102 Å². The fraction of sp³-hybridized carbons (Fsp3) is 0.286. The van der Waals surface area contributed by atoms with Crippen LogP contribution < -0.4 is 9.62 Å². The van der Waals surface area contributed by atoms with Crippen LogP contribution in [-0.4, -0.2) is 50.0 Å². The average molecular weight is 544 g/mol. The summed E-state index contributed by atoms with van der Waals surface area (Å²) in [4.78, 5) is 28.5. The van der Waals surface area contributed by atoms with Crippen LogP contribution >= 0.6 is 0 Å². The van der Waals surface area contributed by atoms with E-state index in [0.29, 0.717) is 9.87 Å². The summed E-state index contributed by atoms with van der Waals surface area (Å²) in [5.41, 5.74) is 1.03. The van der Waals surface area contributed by atoms with E-state index in [9.17, 15) is 26.8 Å². The number of nitrogens with one attached hydrogen (secondary N) is 1. The number of benzene rings is 3. The topological polar surface area (TPSA) is 86.8 Å². The number of rotatable bonds is 11. The molecule has 0 aliphatic heterocycles. The van der Waals surface area contributed by atoms with E-state index in [2.05, 4.69) is 5.32 Å². The molecule has 0 saturated heterocycles. The van der Waals surface area contributed by atoms with Crippen molar-refractivity contribution in [3.8, 4) is 0 Å². The van der Waals surface area contributed by atoms with E-state index >= 15 is 0 Å². The van der Waals surface area contributed by atoms with Crippen LogP contribution in [0.25, 0.3) is 0 Å². The lowest BCUT2D eigenvalue weighted by Crippen LogP contribution is -2.54. The van der Waals surface area contributed by atoms with Crippen LogP contribution in [0.2, 0.25) is 0 Å². The summed E-state index contributed by atoms with van der Waals surface area (Å²) in [5.74, 6) is -2.43. The second-order valence-electron chi connectivity index (χ2n) is 9.24. The fourth-order valence-electron chi connectivity index (χ4n) is 3.97. The summed E-state index contributed by atoms with van der Waals surface area (Å²) < 4.78 is 54.1. The Labute approximate surface area is 222 Å². The number of carbonyl (C=O) groups is 2. The van der Waals surface area contributed by atoms with Gasteiger partial charge in [-0.1, -0.05) is 54.6 Å². The molecule has 0 aromatic heterocycles. The van der Waals surface area contributed by atoms with Gasteiger partial charge in [-0.3, -0.25) is 13.9 Å². The molecule has 0 aliphatic carbocycles. The van der Waals surface area contributed by atoms with Crippen LogP contribution in [0.15, 0.2) is 78.9 Å². The van der Waals surface area contributed by atoms with E-state index in [4.69, 9.17) is 0 Å². The smallest absolute Gasteiger partial charge is 0.244 e. The quantitative estimate of drug-likeness (QED) is 0.398. The van der Waals surface area contributed by atoms with E-state index in [1.807, 2.05) is 30.3 Å². The molecule has 10 heteroatoms. The molecule has 1 atom stereocenters. The minimum Gasteiger partial charge on any atom is -0.352 e. The van der Waals surface area contributed by atoms with Gasteiger partial charge in [-0.2, -0.15) is 0 Å². The molecular formula is C28H31F2N3O4S. The van der Waals surface area contributed by atoms with Crippen molar-refractivity contribution in [2.24, 2.45) is 0 Å². The van der Waals surface area contributed by atoms with Gasteiger partial charge in [0.1, 0.15) is 24.2 Å². The predicted octanol–water partition coefficient (Wildman–Crippen LogP) is 3.90. The van der Waals surface area contributed by atoms with Gasteiger partial charge >= 0.3 is 0 Å². The normalized spacial score (nSPS) is 12.2. The van der Waals surface area contributed by atoms with Gasteiger partial charge in [-0.15, -0.1) is 0 Å².